The van der Waals surface area contributed by atoms with E-state index in [1.165, 1.54) is 6.07 Å². The van der Waals surface area contributed by atoms with Gasteiger partial charge in [0.2, 0.25) is 0 Å². The number of halogens is 1. The Hall–Kier alpha value is -1.75. The summed E-state index contributed by atoms with van der Waals surface area (Å²) in [5.41, 5.74) is 1.43. The lowest BCUT2D eigenvalue weighted by molar-refractivity contribution is 0.624. The molecule has 0 aliphatic carbocycles. The first-order valence-electron chi connectivity index (χ1n) is 4.85. The van der Waals surface area contributed by atoms with Gasteiger partial charge in [-0.15, -0.1) is 6.42 Å². The molecule has 0 amide bonds. The van der Waals surface area contributed by atoms with Crippen LogP contribution in [-0.2, 0) is 0 Å². The van der Waals surface area contributed by atoms with Crippen molar-refractivity contribution in [3.63, 3.8) is 0 Å². The molecular formula is C13H14FN. The van der Waals surface area contributed by atoms with Crippen LogP contribution >= 0.6 is 0 Å². The van der Waals surface area contributed by atoms with E-state index in [9.17, 15) is 4.39 Å². The average Bonchev–Trinajstić information content (AvgIpc) is 2.22. The van der Waals surface area contributed by atoms with Gasteiger partial charge in [0.1, 0.15) is 5.82 Å². The lowest BCUT2D eigenvalue weighted by atomic mass is 10.2. The van der Waals surface area contributed by atoms with E-state index in [1.807, 2.05) is 24.8 Å². The number of hydrogen-bond acceptors (Lipinski definition) is 1. The van der Waals surface area contributed by atoms with Crippen LogP contribution < -0.4 is 4.90 Å². The van der Waals surface area contributed by atoms with Crippen molar-refractivity contribution in [1.82, 2.24) is 0 Å². The monoisotopic (exact) mass is 203 g/mol. The zero-order valence-electron chi connectivity index (χ0n) is 9.00. The Morgan fingerprint density at radius 3 is 2.73 bits per heavy atom. The maximum Gasteiger partial charge on any atom is 0.146 e. The maximum absolute atomic E-state index is 13.5. The topological polar surface area (TPSA) is 3.24 Å². The smallest absolute Gasteiger partial charge is 0.146 e. The van der Waals surface area contributed by atoms with Crippen LogP contribution in [0.2, 0.25) is 0 Å². The maximum atomic E-state index is 13.5. The second-order valence-electron chi connectivity index (χ2n) is 3.15. The normalized spacial score (nSPS) is 10.9. The fourth-order valence-corrected chi connectivity index (χ4v) is 1.48. The molecule has 0 saturated carbocycles. The summed E-state index contributed by atoms with van der Waals surface area (Å²) in [5, 5.41) is 0. The number of rotatable bonds is 3. The van der Waals surface area contributed by atoms with Crippen molar-refractivity contribution in [1.29, 1.82) is 0 Å². The molecule has 0 saturated heterocycles. The van der Waals surface area contributed by atoms with Crippen molar-refractivity contribution >= 4 is 5.69 Å². The zero-order valence-corrected chi connectivity index (χ0v) is 9.00. The van der Waals surface area contributed by atoms with Crippen LogP contribution in [0.1, 0.15) is 13.8 Å². The summed E-state index contributed by atoms with van der Waals surface area (Å²) in [7, 11) is 0. The van der Waals surface area contributed by atoms with Gasteiger partial charge in [0.15, 0.2) is 0 Å². The van der Waals surface area contributed by atoms with Crippen LogP contribution in [0.5, 0.6) is 0 Å². The molecule has 1 aromatic rings. The van der Waals surface area contributed by atoms with E-state index in [1.54, 1.807) is 18.2 Å². The molecule has 0 spiro atoms. The zero-order chi connectivity index (χ0) is 11.3. The third kappa shape index (κ3) is 2.60. The van der Waals surface area contributed by atoms with Gasteiger partial charge in [0.05, 0.1) is 5.69 Å². The Bertz CT molecular complexity index is 401. The molecule has 1 rings (SSSR count). The number of benzene rings is 1. The van der Waals surface area contributed by atoms with Gasteiger partial charge in [-0.25, -0.2) is 4.39 Å². The first-order valence-corrected chi connectivity index (χ1v) is 4.85. The van der Waals surface area contributed by atoms with Gasteiger partial charge in [-0.05, 0) is 26.0 Å². The molecule has 0 heterocycles. The van der Waals surface area contributed by atoms with E-state index < -0.39 is 0 Å². The number of hydrogen-bond donors (Lipinski definition) is 0. The molecule has 0 N–H and O–H groups in total. The van der Waals surface area contributed by atoms with Gasteiger partial charge in [-0.1, -0.05) is 18.1 Å². The number of nitrogens with zero attached hydrogens (tertiary/aromatic N) is 1. The Kier molecular flexibility index (Phi) is 3.93. The van der Waals surface area contributed by atoms with Gasteiger partial charge in [-0.2, -0.15) is 0 Å². The highest BCUT2D eigenvalue weighted by Gasteiger charge is 2.09. The van der Waals surface area contributed by atoms with Crippen molar-refractivity contribution in [2.45, 2.75) is 13.8 Å². The summed E-state index contributed by atoms with van der Waals surface area (Å²) in [6.07, 6.45) is 6.83. The Morgan fingerprint density at radius 2 is 2.20 bits per heavy atom. The average molecular weight is 203 g/mol. The highest BCUT2D eigenvalue weighted by molar-refractivity contribution is 5.53. The molecular weight excluding hydrogens is 189 g/mol. The van der Waals surface area contributed by atoms with E-state index in [-0.39, 0.29) is 5.82 Å². The van der Waals surface area contributed by atoms with Crippen molar-refractivity contribution in [3.8, 4) is 12.3 Å². The molecule has 2 heteroatoms. The van der Waals surface area contributed by atoms with E-state index in [0.29, 0.717) is 12.2 Å². The molecule has 0 fully saturated rings. The SMILES string of the molecule is C#C/C=C(/C)N(CC)c1ccccc1F. The number of para-hydroxylation sites is 1. The van der Waals surface area contributed by atoms with Crippen LogP contribution in [0.3, 0.4) is 0 Å². The molecule has 0 atom stereocenters. The molecule has 0 aliphatic rings. The third-order valence-electron chi connectivity index (χ3n) is 2.18. The van der Waals surface area contributed by atoms with Crippen molar-refractivity contribution in [2.24, 2.45) is 0 Å². The molecule has 78 valence electrons. The summed E-state index contributed by atoms with van der Waals surface area (Å²) in [5.74, 6) is 2.21. The van der Waals surface area contributed by atoms with Gasteiger partial charge < -0.3 is 4.90 Å². The second kappa shape index (κ2) is 5.21. The first-order chi connectivity index (χ1) is 7.20. The summed E-state index contributed by atoms with van der Waals surface area (Å²) >= 11 is 0. The van der Waals surface area contributed by atoms with Crippen LogP contribution in [-0.4, -0.2) is 6.54 Å². The summed E-state index contributed by atoms with van der Waals surface area (Å²) < 4.78 is 13.5. The van der Waals surface area contributed by atoms with Crippen LogP contribution in [0.4, 0.5) is 10.1 Å². The van der Waals surface area contributed by atoms with Gasteiger partial charge in [0.25, 0.3) is 0 Å². The molecule has 0 aromatic heterocycles. The molecule has 1 aromatic carbocycles. The van der Waals surface area contributed by atoms with E-state index >= 15 is 0 Å². The highest BCUT2D eigenvalue weighted by atomic mass is 19.1. The third-order valence-corrected chi connectivity index (χ3v) is 2.18. The summed E-state index contributed by atoms with van der Waals surface area (Å²) in [6.45, 7) is 4.51. The van der Waals surface area contributed by atoms with Crippen molar-refractivity contribution in [3.05, 3.63) is 41.9 Å². The molecule has 0 radical (unpaired) electrons. The quantitative estimate of drug-likeness (QED) is 0.682. The van der Waals surface area contributed by atoms with E-state index in [0.717, 1.165) is 5.70 Å². The van der Waals surface area contributed by atoms with E-state index in [2.05, 4.69) is 5.92 Å². The minimum Gasteiger partial charge on any atom is -0.343 e. The Morgan fingerprint density at radius 1 is 1.53 bits per heavy atom. The van der Waals surface area contributed by atoms with Crippen LogP contribution in [0.25, 0.3) is 0 Å². The molecule has 15 heavy (non-hydrogen) atoms. The molecule has 0 unspecified atom stereocenters. The second-order valence-corrected chi connectivity index (χ2v) is 3.15. The molecule has 0 aliphatic heterocycles. The molecule has 1 nitrogen and oxygen atoms in total. The fraction of sp³-hybridized carbons (Fsp3) is 0.231. The number of allylic oxidation sites excluding steroid dienone is 2. The predicted molar refractivity (Wildman–Crippen MR) is 62.0 cm³/mol. The van der Waals surface area contributed by atoms with Gasteiger partial charge >= 0.3 is 0 Å². The van der Waals surface area contributed by atoms with Gasteiger partial charge in [0, 0.05) is 18.3 Å². The number of anilines is 1. The fourth-order valence-electron chi connectivity index (χ4n) is 1.48. The first kappa shape index (κ1) is 11.3. The van der Waals surface area contributed by atoms with Crippen molar-refractivity contribution in [2.75, 3.05) is 11.4 Å². The minimum atomic E-state index is -0.232. The molecule has 0 bridgehead atoms. The van der Waals surface area contributed by atoms with Crippen molar-refractivity contribution < 1.29 is 4.39 Å². The summed E-state index contributed by atoms with van der Waals surface area (Å²) in [6, 6.07) is 6.67. The van der Waals surface area contributed by atoms with E-state index in [4.69, 9.17) is 6.42 Å². The lowest BCUT2D eigenvalue weighted by Gasteiger charge is -2.23. The largest absolute Gasteiger partial charge is 0.343 e. The lowest BCUT2D eigenvalue weighted by Crippen LogP contribution is -2.21. The standard InChI is InChI=1S/C13H14FN/c1-4-8-11(3)15(5-2)13-10-7-6-9-12(13)14/h1,6-10H,5H2,2-3H3/b11-8-. The Balaban J connectivity index is 3.09. The van der Waals surface area contributed by atoms with Crippen LogP contribution in [0, 0.1) is 18.2 Å². The summed E-state index contributed by atoms with van der Waals surface area (Å²) in [4.78, 5) is 1.84. The van der Waals surface area contributed by atoms with Gasteiger partial charge in [-0.3, -0.25) is 0 Å². The van der Waals surface area contributed by atoms with Crippen LogP contribution in [0.15, 0.2) is 36.0 Å². The Labute approximate surface area is 90.2 Å². The highest BCUT2D eigenvalue weighted by Crippen LogP contribution is 2.21. The minimum absolute atomic E-state index is 0.232. The predicted octanol–water partition coefficient (Wildman–Crippen LogP) is 3.19. The number of terminal acetylenes is 1.